The molecule has 0 aliphatic carbocycles. The number of hydrogen-bond acceptors (Lipinski definition) is 3. The van der Waals surface area contributed by atoms with E-state index in [1.165, 1.54) is 0 Å². The summed E-state index contributed by atoms with van der Waals surface area (Å²) in [5.41, 5.74) is 0. The number of hydrogen-bond donors (Lipinski definition) is 0. The van der Waals surface area contributed by atoms with E-state index in [1.807, 2.05) is 4.90 Å². The molecule has 0 spiro atoms. The number of carbonyl (C=O) groups is 2. The Kier molecular flexibility index (Phi) is 4.63. The molecule has 1 atom stereocenters. The Balaban J connectivity index is 1.76. The third-order valence-corrected chi connectivity index (χ3v) is 3.77. The summed E-state index contributed by atoms with van der Waals surface area (Å²) < 4.78 is 5.29. The lowest BCUT2D eigenvalue weighted by Crippen LogP contribution is -2.53. The number of piperazine rings is 1. The molecule has 0 saturated carbocycles. The van der Waals surface area contributed by atoms with Crippen molar-refractivity contribution in [3.63, 3.8) is 0 Å². The second-order valence-electron chi connectivity index (χ2n) is 5.48. The molecular weight excluding hydrogens is 246 g/mol. The van der Waals surface area contributed by atoms with Crippen LogP contribution in [0.15, 0.2) is 0 Å². The van der Waals surface area contributed by atoms with E-state index in [0.29, 0.717) is 45.1 Å². The van der Waals surface area contributed by atoms with E-state index in [9.17, 15) is 9.59 Å². The highest BCUT2D eigenvalue weighted by molar-refractivity contribution is 5.77. The van der Waals surface area contributed by atoms with Crippen LogP contribution < -0.4 is 0 Å². The number of carbonyl (C=O) groups excluding carboxylic acids is 2. The largest absolute Gasteiger partial charge is 0.381 e. The fourth-order valence-corrected chi connectivity index (χ4v) is 2.55. The predicted molar refractivity (Wildman–Crippen MR) is 70.8 cm³/mol. The summed E-state index contributed by atoms with van der Waals surface area (Å²) >= 11 is 0. The Labute approximate surface area is 114 Å². The summed E-state index contributed by atoms with van der Waals surface area (Å²) in [6.07, 6.45) is 1.58. The molecule has 108 valence electrons. The van der Waals surface area contributed by atoms with Crippen molar-refractivity contribution in [2.75, 3.05) is 53.5 Å². The highest BCUT2D eigenvalue weighted by atomic mass is 16.5. The summed E-state index contributed by atoms with van der Waals surface area (Å²) in [6, 6.07) is 0.0243. The van der Waals surface area contributed by atoms with Gasteiger partial charge in [0.05, 0.1) is 0 Å². The Morgan fingerprint density at radius 1 is 1.16 bits per heavy atom. The monoisotopic (exact) mass is 269 g/mol. The third kappa shape index (κ3) is 3.59. The summed E-state index contributed by atoms with van der Waals surface area (Å²) in [5.74, 6) is 0.585. The van der Waals surface area contributed by atoms with Crippen LogP contribution in [0.5, 0.6) is 0 Å². The van der Waals surface area contributed by atoms with Crippen LogP contribution in [-0.2, 0) is 9.53 Å². The van der Waals surface area contributed by atoms with Gasteiger partial charge in [-0.2, -0.15) is 0 Å². The van der Waals surface area contributed by atoms with Crippen molar-refractivity contribution in [3.8, 4) is 0 Å². The Morgan fingerprint density at radius 2 is 1.79 bits per heavy atom. The van der Waals surface area contributed by atoms with E-state index in [1.54, 1.807) is 23.9 Å². The molecule has 2 fully saturated rings. The van der Waals surface area contributed by atoms with Gasteiger partial charge < -0.3 is 19.4 Å². The van der Waals surface area contributed by atoms with Gasteiger partial charge in [0, 0.05) is 59.9 Å². The van der Waals surface area contributed by atoms with Crippen LogP contribution in [0.2, 0.25) is 0 Å². The summed E-state index contributed by atoms with van der Waals surface area (Å²) in [6.45, 7) is 4.04. The molecule has 0 radical (unpaired) electrons. The first-order valence-corrected chi connectivity index (χ1v) is 6.89. The molecule has 0 bridgehead atoms. The quantitative estimate of drug-likeness (QED) is 0.721. The Bertz CT molecular complexity index is 332. The fraction of sp³-hybridized carbons (Fsp3) is 0.846. The second-order valence-corrected chi connectivity index (χ2v) is 5.48. The van der Waals surface area contributed by atoms with Gasteiger partial charge in [0.1, 0.15) is 0 Å². The van der Waals surface area contributed by atoms with Crippen LogP contribution in [0, 0.1) is 5.92 Å². The van der Waals surface area contributed by atoms with Gasteiger partial charge in [0.15, 0.2) is 0 Å². The smallest absolute Gasteiger partial charge is 0.319 e. The summed E-state index contributed by atoms with van der Waals surface area (Å²) in [7, 11) is 3.50. The van der Waals surface area contributed by atoms with Crippen molar-refractivity contribution < 1.29 is 14.3 Å². The Morgan fingerprint density at radius 3 is 2.32 bits per heavy atom. The van der Waals surface area contributed by atoms with E-state index >= 15 is 0 Å². The molecule has 3 amide bonds. The van der Waals surface area contributed by atoms with Crippen LogP contribution in [-0.4, -0.2) is 80.1 Å². The van der Waals surface area contributed by atoms with Crippen molar-refractivity contribution in [1.82, 2.24) is 14.7 Å². The van der Waals surface area contributed by atoms with Crippen molar-refractivity contribution in [1.29, 1.82) is 0 Å². The molecule has 0 aromatic heterocycles. The van der Waals surface area contributed by atoms with Gasteiger partial charge in [-0.1, -0.05) is 0 Å². The van der Waals surface area contributed by atoms with E-state index in [0.717, 1.165) is 13.0 Å². The van der Waals surface area contributed by atoms with Crippen LogP contribution in [0.4, 0.5) is 4.79 Å². The third-order valence-electron chi connectivity index (χ3n) is 3.77. The maximum Gasteiger partial charge on any atom is 0.319 e. The first kappa shape index (κ1) is 14.1. The van der Waals surface area contributed by atoms with E-state index < -0.39 is 0 Å². The molecule has 0 unspecified atom stereocenters. The molecule has 6 nitrogen and oxygen atoms in total. The standard InChI is InChI=1S/C13H23N3O3/c1-14(2)13(18)16-6-4-15(5-7-16)12(17)9-11-3-8-19-10-11/h11H,3-10H2,1-2H3/t11-/m1/s1. The highest BCUT2D eigenvalue weighted by Crippen LogP contribution is 2.18. The predicted octanol–water partition coefficient (Wildman–Crippen LogP) is 0.239. The van der Waals surface area contributed by atoms with Gasteiger partial charge in [0.2, 0.25) is 5.91 Å². The SMILES string of the molecule is CN(C)C(=O)N1CCN(C(=O)C[C@H]2CCOC2)CC1. The molecule has 2 saturated heterocycles. The zero-order chi connectivity index (χ0) is 13.8. The number of rotatable bonds is 2. The maximum atomic E-state index is 12.1. The minimum Gasteiger partial charge on any atom is -0.381 e. The minimum absolute atomic E-state index is 0.0243. The molecule has 0 aromatic carbocycles. The Hall–Kier alpha value is -1.30. The molecule has 2 heterocycles. The number of nitrogens with zero attached hydrogens (tertiary/aromatic N) is 3. The van der Waals surface area contributed by atoms with Crippen LogP contribution in [0.25, 0.3) is 0 Å². The summed E-state index contributed by atoms with van der Waals surface area (Å²) in [5, 5.41) is 0. The molecule has 0 N–H and O–H groups in total. The lowest BCUT2D eigenvalue weighted by Gasteiger charge is -2.36. The lowest BCUT2D eigenvalue weighted by molar-refractivity contribution is -0.133. The van der Waals surface area contributed by atoms with Crippen LogP contribution >= 0.6 is 0 Å². The van der Waals surface area contributed by atoms with Gasteiger partial charge in [0.25, 0.3) is 0 Å². The van der Waals surface area contributed by atoms with Gasteiger partial charge in [-0.3, -0.25) is 4.79 Å². The number of amides is 3. The topological polar surface area (TPSA) is 53.1 Å². The molecular formula is C13H23N3O3. The highest BCUT2D eigenvalue weighted by Gasteiger charge is 2.27. The van der Waals surface area contributed by atoms with Crippen molar-refractivity contribution >= 4 is 11.9 Å². The van der Waals surface area contributed by atoms with Crippen LogP contribution in [0.1, 0.15) is 12.8 Å². The van der Waals surface area contributed by atoms with Gasteiger partial charge in [-0.25, -0.2) is 4.79 Å². The van der Waals surface area contributed by atoms with Crippen molar-refractivity contribution in [2.45, 2.75) is 12.8 Å². The summed E-state index contributed by atoms with van der Waals surface area (Å²) in [4.78, 5) is 29.1. The second kappa shape index (κ2) is 6.23. The normalized spacial score (nSPS) is 23.6. The van der Waals surface area contributed by atoms with Crippen LogP contribution in [0.3, 0.4) is 0 Å². The first-order chi connectivity index (χ1) is 9.08. The lowest BCUT2D eigenvalue weighted by atomic mass is 10.0. The molecule has 0 aromatic rings. The van der Waals surface area contributed by atoms with E-state index in [4.69, 9.17) is 4.74 Å². The molecule has 2 aliphatic heterocycles. The maximum absolute atomic E-state index is 12.1. The minimum atomic E-state index is 0.0243. The van der Waals surface area contributed by atoms with Gasteiger partial charge in [-0.05, 0) is 12.3 Å². The fourth-order valence-electron chi connectivity index (χ4n) is 2.55. The zero-order valence-electron chi connectivity index (χ0n) is 11.8. The molecule has 2 rings (SSSR count). The molecule has 19 heavy (non-hydrogen) atoms. The first-order valence-electron chi connectivity index (χ1n) is 6.89. The molecule has 6 heteroatoms. The zero-order valence-corrected chi connectivity index (χ0v) is 11.8. The van der Waals surface area contributed by atoms with Gasteiger partial charge in [-0.15, -0.1) is 0 Å². The van der Waals surface area contributed by atoms with E-state index in [-0.39, 0.29) is 11.9 Å². The average molecular weight is 269 g/mol. The van der Waals surface area contributed by atoms with Crippen molar-refractivity contribution in [3.05, 3.63) is 0 Å². The van der Waals surface area contributed by atoms with Gasteiger partial charge >= 0.3 is 6.03 Å². The van der Waals surface area contributed by atoms with Crippen molar-refractivity contribution in [2.24, 2.45) is 5.92 Å². The van der Waals surface area contributed by atoms with E-state index in [2.05, 4.69) is 0 Å². The number of urea groups is 1. The molecule has 2 aliphatic rings. The average Bonchev–Trinajstić information content (AvgIpc) is 2.90. The number of ether oxygens (including phenoxy) is 1.